The van der Waals surface area contributed by atoms with Gasteiger partial charge in [0.05, 0.1) is 6.20 Å². The first kappa shape index (κ1) is 14.6. The van der Waals surface area contributed by atoms with Gasteiger partial charge in [0.2, 0.25) is 0 Å². The fourth-order valence-corrected chi connectivity index (χ4v) is 3.69. The van der Waals surface area contributed by atoms with E-state index in [1.165, 1.54) is 25.2 Å². The average Bonchev–Trinajstić information content (AvgIpc) is 3.24. The molecule has 1 aromatic heterocycles. The molecule has 2 N–H and O–H groups in total. The zero-order chi connectivity index (χ0) is 15.5. The monoisotopic (exact) mass is 311 g/mol. The van der Waals surface area contributed by atoms with Crippen molar-refractivity contribution in [1.29, 1.82) is 0 Å². The molecule has 23 heavy (non-hydrogen) atoms. The maximum atomic E-state index is 4.36. The maximum Gasteiger partial charge on any atom is 0.124 e. The first-order valence-corrected chi connectivity index (χ1v) is 8.65. The van der Waals surface area contributed by atoms with Crippen LogP contribution in [0.3, 0.4) is 0 Å². The normalized spacial score (nSPS) is 23.6. The predicted molar refractivity (Wildman–Crippen MR) is 93.8 cm³/mol. The van der Waals surface area contributed by atoms with Crippen molar-refractivity contribution in [3.8, 4) is 0 Å². The summed E-state index contributed by atoms with van der Waals surface area (Å²) in [4.78, 5) is 2.50. The van der Waals surface area contributed by atoms with E-state index in [1.807, 2.05) is 12.3 Å². The van der Waals surface area contributed by atoms with E-state index in [0.717, 1.165) is 37.9 Å². The highest BCUT2D eigenvalue weighted by molar-refractivity contribution is 5.46. The average molecular weight is 311 g/mol. The van der Waals surface area contributed by atoms with Gasteiger partial charge in [-0.15, -0.1) is 0 Å². The lowest BCUT2D eigenvalue weighted by Crippen LogP contribution is -2.37. The van der Waals surface area contributed by atoms with Gasteiger partial charge in [0.1, 0.15) is 5.82 Å². The Hall–Kier alpha value is -2.01. The van der Waals surface area contributed by atoms with E-state index in [4.69, 9.17) is 0 Å². The van der Waals surface area contributed by atoms with Crippen molar-refractivity contribution >= 4 is 11.5 Å². The summed E-state index contributed by atoms with van der Waals surface area (Å²) >= 11 is 0. The van der Waals surface area contributed by atoms with Crippen molar-refractivity contribution < 1.29 is 0 Å². The minimum atomic E-state index is 0.619. The number of nitrogens with one attached hydrogen (secondary N) is 2. The quantitative estimate of drug-likeness (QED) is 0.887. The molecule has 0 spiro atoms. The molecule has 2 aliphatic rings. The highest BCUT2D eigenvalue weighted by Gasteiger charge is 2.23. The third-order valence-corrected chi connectivity index (χ3v) is 4.99. The summed E-state index contributed by atoms with van der Waals surface area (Å²) in [6, 6.07) is 12.8. The summed E-state index contributed by atoms with van der Waals surface area (Å²) in [5.74, 6) is 2.52. The van der Waals surface area contributed by atoms with Crippen LogP contribution in [0.2, 0.25) is 0 Å². The Morgan fingerprint density at radius 3 is 2.87 bits per heavy atom. The summed E-state index contributed by atoms with van der Waals surface area (Å²) in [5.41, 5.74) is 1.36. The lowest BCUT2D eigenvalue weighted by atomic mass is 10.1. The molecule has 122 valence electrons. The Morgan fingerprint density at radius 2 is 1.96 bits per heavy atom. The molecule has 1 saturated heterocycles. The molecule has 2 aliphatic heterocycles. The van der Waals surface area contributed by atoms with Gasteiger partial charge in [-0.2, -0.15) is 5.10 Å². The first-order valence-electron chi connectivity index (χ1n) is 8.65. The number of benzene rings is 1. The minimum absolute atomic E-state index is 0.619. The van der Waals surface area contributed by atoms with E-state index in [0.29, 0.717) is 5.92 Å². The second kappa shape index (κ2) is 6.62. The molecule has 3 heterocycles. The molecule has 0 unspecified atom stereocenters. The van der Waals surface area contributed by atoms with Crippen LogP contribution in [0.4, 0.5) is 11.5 Å². The highest BCUT2D eigenvalue weighted by Crippen LogP contribution is 2.23. The molecule has 0 amide bonds. The van der Waals surface area contributed by atoms with Crippen molar-refractivity contribution in [2.45, 2.75) is 13.0 Å². The maximum absolute atomic E-state index is 4.36. The van der Waals surface area contributed by atoms with Crippen LogP contribution in [-0.4, -0.2) is 42.5 Å². The van der Waals surface area contributed by atoms with Crippen LogP contribution in [0.25, 0.3) is 0 Å². The van der Waals surface area contributed by atoms with Gasteiger partial charge < -0.3 is 15.5 Å². The van der Waals surface area contributed by atoms with Crippen molar-refractivity contribution in [3.05, 3.63) is 42.6 Å². The smallest absolute Gasteiger partial charge is 0.124 e. The van der Waals surface area contributed by atoms with Crippen LogP contribution in [0.1, 0.15) is 6.42 Å². The van der Waals surface area contributed by atoms with Gasteiger partial charge in [-0.25, -0.2) is 4.68 Å². The molecule has 0 saturated carbocycles. The van der Waals surface area contributed by atoms with Crippen molar-refractivity contribution in [2.75, 3.05) is 42.9 Å². The van der Waals surface area contributed by atoms with E-state index < -0.39 is 0 Å². The number of nitrogens with zero attached hydrogens (tertiary/aromatic N) is 3. The summed E-state index contributed by atoms with van der Waals surface area (Å²) in [6.07, 6.45) is 3.16. The summed E-state index contributed by atoms with van der Waals surface area (Å²) in [5, 5.41) is 11.5. The van der Waals surface area contributed by atoms with Crippen LogP contribution < -0.4 is 15.5 Å². The van der Waals surface area contributed by atoms with E-state index in [1.54, 1.807) is 0 Å². The number of anilines is 2. The van der Waals surface area contributed by atoms with Gasteiger partial charge in [-0.1, -0.05) is 18.2 Å². The third-order valence-electron chi connectivity index (χ3n) is 4.99. The number of para-hydroxylation sites is 1. The topological polar surface area (TPSA) is 45.1 Å². The fourth-order valence-electron chi connectivity index (χ4n) is 3.69. The van der Waals surface area contributed by atoms with Crippen LogP contribution in [0.15, 0.2) is 42.6 Å². The van der Waals surface area contributed by atoms with E-state index in [-0.39, 0.29) is 0 Å². The number of aromatic nitrogens is 2. The van der Waals surface area contributed by atoms with Gasteiger partial charge in [0.25, 0.3) is 0 Å². The SMILES string of the molecule is c1ccc(N2CC[C@@H](CNC[C@H]3CNc4ccnn4C3)C2)cc1. The highest BCUT2D eigenvalue weighted by atomic mass is 15.3. The Kier molecular flexibility index (Phi) is 4.20. The molecule has 4 rings (SSSR count). The molecular weight excluding hydrogens is 286 g/mol. The van der Waals surface area contributed by atoms with Crippen molar-refractivity contribution in [3.63, 3.8) is 0 Å². The molecular formula is C18H25N5. The molecule has 2 aromatic rings. The van der Waals surface area contributed by atoms with E-state index >= 15 is 0 Å². The molecule has 2 atom stereocenters. The summed E-state index contributed by atoms with van der Waals surface area (Å²) in [7, 11) is 0. The second-order valence-corrected chi connectivity index (χ2v) is 6.74. The predicted octanol–water partition coefficient (Wildman–Crippen LogP) is 2.04. The van der Waals surface area contributed by atoms with Gasteiger partial charge in [0.15, 0.2) is 0 Å². The lowest BCUT2D eigenvalue weighted by molar-refractivity contribution is 0.379. The Bertz CT molecular complexity index is 623. The van der Waals surface area contributed by atoms with Gasteiger partial charge >= 0.3 is 0 Å². The zero-order valence-corrected chi connectivity index (χ0v) is 13.5. The van der Waals surface area contributed by atoms with Crippen molar-refractivity contribution in [1.82, 2.24) is 15.1 Å². The van der Waals surface area contributed by atoms with E-state index in [2.05, 4.69) is 55.6 Å². The minimum Gasteiger partial charge on any atom is -0.371 e. The Morgan fingerprint density at radius 1 is 1.09 bits per heavy atom. The van der Waals surface area contributed by atoms with Gasteiger partial charge in [-0.05, 0) is 31.0 Å². The number of fused-ring (bicyclic) bond motifs is 1. The Labute approximate surface area is 137 Å². The van der Waals surface area contributed by atoms with Gasteiger partial charge in [0, 0.05) is 50.4 Å². The van der Waals surface area contributed by atoms with Crippen LogP contribution in [-0.2, 0) is 6.54 Å². The van der Waals surface area contributed by atoms with Crippen LogP contribution in [0, 0.1) is 11.8 Å². The second-order valence-electron chi connectivity index (χ2n) is 6.74. The largest absolute Gasteiger partial charge is 0.371 e. The molecule has 5 nitrogen and oxygen atoms in total. The molecule has 1 fully saturated rings. The zero-order valence-electron chi connectivity index (χ0n) is 13.5. The molecule has 0 aliphatic carbocycles. The fraction of sp³-hybridized carbons (Fsp3) is 0.500. The lowest BCUT2D eigenvalue weighted by Gasteiger charge is -2.25. The summed E-state index contributed by atoms with van der Waals surface area (Å²) in [6.45, 7) is 6.59. The standard InChI is InChI=1S/C18H25N5/c1-2-4-17(5-3-1)22-9-7-15(13-22)10-19-11-16-12-20-18-6-8-21-23(18)14-16/h1-6,8,15-16,19-20H,7,9-14H2/t15-,16-/m0/s1. The van der Waals surface area contributed by atoms with Crippen LogP contribution >= 0.6 is 0 Å². The third kappa shape index (κ3) is 3.34. The molecule has 5 heteroatoms. The van der Waals surface area contributed by atoms with E-state index in [9.17, 15) is 0 Å². The van der Waals surface area contributed by atoms with Crippen molar-refractivity contribution in [2.24, 2.45) is 11.8 Å². The number of hydrogen-bond donors (Lipinski definition) is 2. The summed E-state index contributed by atoms with van der Waals surface area (Å²) < 4.78 is 2.07. The molecule has 0 radical (unpaired) electrons. The molecule has 1 aromatic carbocycles. The van der Waals surface area contributed by atoms with Gasteiger partial charge in [-0.3, -0.25) is 0 Å². The number of hydrogen-bond acceptors (Lipinski definition) is 4. The number of rotatable bonds is 5. The first-order chi connectivity index (χ1) is 11.4. The Balaban J connectivity index is 1.21. The molecule has 0 bridgehead atoms. The van der Waals surface area contributed by atoms with Crippen LogP contribution in [0.5, 0.6) is 0 Å².